The van der Waals surface area contributed by atoms with Crippen molar-refractivity contribution in [2.24, 2.45) is 5.92 Å². The molecule has 0 bridgehead atoms. The molecule has 2 atom stereocenters. The Kier molecular flexibility index (Phi) is 5.87. The zero-order valence-electron chi connectivity index (χ0n) is 15.2. The summed E-state index contributed by atoms with van der Waals surface area (Å²) in [6.07, 6.45) is 1.13. The van der Waals surface area contributed by atoms with Gasteiger partial charge in [0.2, 0.25) is 0 Å². The summed E-state index contributed by atoms with van der Waals surface area (Å²) in [6, 6.07) is 18.6. The van der Waals surface area contributed by atoms with E-state index in [9.17, 15) is 4.79 Å². The van der Waals surface area contributed by atoms with Crippen LogP contribution < -0.4 is 0 Å². The van der Waals surface area contributed by atoms with E-state index in [0.717, 1.165) is 26.1 Å². The van der Waals surface area contributed by atoms with E-state index in [0.29, 0.717) is 24.0 Å². The zero-order valence-corrected chi connectivity index (χ0v) is 15.2. The molecule has 1 fully saturated rings. The first-order valence-electron chi connectivity index (χ1n) is 9.20. The molecule has 1 heterocycles. The van der Waals surface area contributed by atoms with E-state index in [1.54, 1.807) is 0 Å². The normalized spacial score (nSPS) is 21.0. The summed E-state index contributed by atoms with van der Waals surface area (Å²) in [4.78, 5) is 14.5. The van der Waals surface area contributed by atoms with Crippen LogP contribution in [0.4, 0.5) is 0 Å². The molecule has 2 aromatic carbocycles. The molecule has 1 saturated heterocycles. The average molecular weight is 337 g/mol. The van der Waals surface area contributed by atoms with Gasteiger partial charge in [0.05, 0.1) is 12.2 Å². The Labute approximate surface area is 150 Å². The van der Waals surface area contributed by atoms with E-state index in [4.69, 9.17) is 4.74 Å². The van der Waals surface area contributed by atoms with Gasteiger partial charge in [0.15, 0.2) is 0 Å². The highest BCUT2D eigenvalue weighted by atomic mass is 16.5. The summed E-state index contributed by atoms with van der Waals surface area (Å²) in [5, 5.41) is 0. The van der Waals surface area contributed by atoms with Crippen LogP contribution in [-0.2, 0) is 11.3 Å². The number of likely N-dealkylation sites (tertiary alicyclic amines) is 1. The van der Waals surface area contributed by atoms with Gasteiger partial charge in [0.25, 0.3) is 0 Å². The molecule has 0 aromatic heterocycles. The standard InChI is InChI=1S/C22H27NO2/c1-3-25-22(24)20-11-7-10-19(14-20)21-12-13-23(15-17(21)2)16-18-8-5-4-6-9-18/h4-11,14,17,21H,3,12-13,15-16H2,1-2H3. The third-order valence-corrected chi connectivity index (χ3v) is 5.06. The Hall–Kier alpha value is -2.13. The summed E-state index contributed by atoms with van der Waals surface area (Å²) >= 11 is 0. The van der Waals surface area contributed by atoms with Crippen molar-refractivity contribution < 1.29 is 9.53 Å². The summed E-state index contributed by atoms with van der Waals surface area (Å²) in [5.41, 5.74) is 3.30. The van der Waals surface area contributed by atoms with Gasteiger partial charge in [-0.2, -0.15) is 0 Å². The Morgan fingerprint density at radius 2 is 1.96 bits per heavy atom. The second kappa shape index (κ2) is 8.30. The lowest BCUT2D eigenvalue weighted by atomic mass is 9.81. The van der Waals surface area contributed by atoms with Gasteiger partial charge in [-0.15, -0.1) is 0 Å². The summed E-state index contributed by atoms with van der Waals surface area (Å²) in [7, 11) is 0. The van der Waals surface area contributed by atoms with Crippen molar-refractivity contribution in [3.05, 3.63) is 71.3 Å². The van der Waals surface area contributed by atoms with Gasteiger partial charge in [-0.3, -0.25) is 4.90 Å². The van der Waals surface area contributed by atoms with Crippen LogP contribution in [0.1, 0.15) is 47.7 Å². The first kappa shape index (κ1) is 17.7. The molecule has 0 radical (unpaired) electrons. The lowest BCUT2D eigenvalue weighted by Gasteiger charge is -2.37. The first-order valence-corrected chi connectivity index (χ1v) is 9.20. The molecule has 1 aliphatic heterocycles. The minimum atomic E-state index is -0.224. The molecular formula is C22H27NO2. The van der Waals surface area contributed by atoms with Gasteiger partial charge in [-0.05, 0) is 55.0 Å². The van der Waals surface area contributed by atoms with E-state index >= 15 is 0 Å². The van der Waals surface area contributed by atoms with Gasteiger partial charge in [0.1, 0.15) is 0 Å². The molecule has 25 heavy (non-hydrogen) atoms. The minimum absolute atomic E-state index is 0.224. The van der Waals surface area contributed by atoms with Gasteiger partial charge >= 0.3 is 5.97 Å². The molecule has 3 rings (SSSR count). The maximum Gasteiger partial charge on any atom is 0.338 e. The predicted molar refractivity (Wildman–Crippen MR) is 101 cm³/mol. The van der Waals surface area contributed by atoms with Crippen LogP contribution in [0.15, 0.2) is 54.6 Å². The minimum Gasteiger partial charge on any atom is -0.462 e. The summed E-state index contributed by atoms with van der Waals surface area (Å²) in [6.45, 7) is 7.76. The lowest BCUT2D eigenvalue weighted by Crippen LogP contribution is -2.37. The summed E-state index contributed by atoms with van der Waals surface area (Å²) in [5.74, 6) is 0.842. The highest BCUT2D eigenvalue weighted by Gasteiger charge is 2.27. The smallest absolute Gasteiger partial charge is 0.338 e. The van der Waals surface area contributed by atoms with E-state index in [2.05, 4.69) is 48.2 Å². The number of esters is 1. The van der Waals surface area contributed by atoms with E-state index in [-0.39, 0.29) is 5.97 Å². The third kappa shape index (κ3) is 4.49. The van der Waals surface area contributed by atoms with Crippen LogP contribution >= 0.6 is 0 Å². The van der Waals surface area contributed by atoms with Crippen molar-refractivity contribution >= 4 is 5.97 Å². The fourth-order valence-electron chi connectivity index (χ4n) is 3.82. The lowest BCUT2D eigenvalue weighted by molar-refractivity contribution is 0.0526. The molecule has 3 heteroatoms. The maximum atomic E-state index is 12.0. The monoisotopic (exact) mass is 337 g/mol. The SMILES string of the molecule is CCOC(=O)c1cccc(C2CCN(Cc3ccccc3)CC2C)c1. The summed E-state index contributed by atoms with van der Waals surface area (Å²) < 4.78 is 5.13. The van der Waals surface area contributed by atoms with Crippen LogP contribution in [-0.4, -0.2) is 30.6 Å². The molecule has 3 nitrogen and oxygen atoms in total. The second-order valence-electron chi connectivity index (χ2n) is 6.94. The van der Waals surface area contributed by atoms with Gasteiger partial charge < -0.3 is 4.74 Å². The van der Waals surface area contributed by atoms with Crippen LogP contribution in [0.3, 0.4) is 0 Å². The van der Waals surface area contributed by atoms with Crippen LogP contribution in [0.2, 0.25) is 0 Å². The number of benzene rings is 2. The largest absolute Gasteiger partial charge is 0.462 e. The molecule has 132 valence electrons. The Balaban J connectivity index is 1.65. The number of hydrogen-bond acceptors (Lipinski definition) is 3. The zero-order chi connectivity index (χ0) is 17.6. The van der Waals surface area contributed by atoms with E-state index < -0.39 is 0 Å². The van der Waals surface area contributed by atoms with Gasteiger partial charge in [-0.1, -0.05) is 49.4 Å². The highest BCUT2D eigenvalue weighted by molar-refractivity contribution is 5.89. The molecule has 0 amide bonds. The second-order valence-corrected chi connectivity index (χ2v) is 6.94. The molecule has 2 aromatic rings. The number of carbonyl (C=O) groups excluding carboxylic acids is 1. The molecular weight excluding hydrogens is 310 g/mol. The molecule has 2 unspecified atom stereocenters. The van der Waals surface area contributed by atoms with E-state index in [1.807, 2.05) is 25.1 Å². The van der Waals surface area contributed by atoms with Crippen LogP contribution in [0, 0.1) is 5.92 Å². The van der Waals surface area contributed by atoms with Gasteiger partial charge in [0, 0.05) is 13.1 Å². The van der Waals surface area contributed by atoms with Crippen molar-refractivity contribution in [1.29, 1.82) is 0 Å². The number of ether oxygens (including phenoxy) is 1. The molecule has 0 aliphatic carbocycles. The Morgan fingerprint density at radius 3 is 2.68 bits per heavy atom. The number of rotatable bonds is 5. The quantitative estimate of drug-likeness (QED) is 0.753. The van der Waals surface area contributed by atoms with Crippen molar-refractivity contribution in [2.45, 2.75) is 32.7 Å². The predicted octanol–water partition coefficient (Wildman–Crippen LogP) is 4.49. The fourth-order valence-corrected chi connectivity index (χ4v) is 3.82. The molecule has 0 spiro atoms. The van der Waals surface area contributed by atoms with Crippen LogP contribution in [0.25, 0.3) is 0 Å². The molecule has 0 N–H and O–H groups in total. The number of nitrogens with zero attached hydrogens (tertiary/aromatic N) is 1. The molecule has 0 saturated carbocycles. The van der Waals surface area contributed by atoms with Crippen LogP contribution in [0.5, 0.6) is 0 Å². The van der Waals surface area contributed by atoms with Gasteiger partial charge in [-0.25, -0.2) is 4.79 Å². The number of hydrogen-bond donors (Lipinski definition) is 0. The first-order chi connectivity index (χ1) is 12.2. The third-order valence-electron chi connectivity index (χ3n) is 5.06. The van der Waals surface area contributed by atoms with Crippen molar-refractivity contribution in [2.75, 3.05) is 19.7 Å². The van der Waals surface area contributed by atoms with E-state index in [1.165, 1.54) is 11.1 Å². The maximum absolute atomic E-state index is 12.0. The topological polar surface area (TPSA) is 29.5 Å². The highest BCUT2D eigenvalue weighted by Crippen LogP contribution is 2.33. The fraction of sp³-hybridized carbons (Fsp3) is 0.409. The number of piperidine rings is 1. The Morgan fingerprint density at radius 1 is 1.16 bits per heavy atom. The van der Waals surface area contributed by atoms with Crippen molar-refractivity contribution in [3.8, 4) is 0 Å². The van der Waals surface area contributed by atoms with Crippen molar-refractivity contribution in [1.82, 2.24) is 4.90 Å². The average Bonchev–Trinajstić information content (AvgIpc) is 2.63. The Bertz CT molecular complexity index is 698. The van der Waals surface area contributed by atoms with Crippen molar-refractivity contribution in [3.63, 3.8) is 0 Å². The molecule has 1 aliphatic rings. The number of carbonyl (C=O) groups is 1.